The molecular formula is C15H32N2. The molecule has 2 nitrogen and oxygen atoms in total. The van der Waals surface area contributed by atoms with Crippen LogP contribution in [-0.4, -0.2) is 36.6 Å². The quantitative estimate of drug-likeness (QED) is 0.766. The molecule has 17 heavy (non-hydrogen) atoms. The number of hydrogen-bond donors (Lipinski definition) is 1. The molecule has 0 aromatic carbocycles. The second-order valence-corrected chi connectivity index (χ2v) is 6.01. The Labute approximate surface area is 108 Å². The van der Waals surface area contributed by atoms with Crippen LogP contribution in [0.1, 0.15) is 60.3 Å². The predicted octanol–water partition coefficient (Wildman–Crippen LogP) is 3.28. The third-order valence-electron chi connectivity index (χ3n) is 4.92. The summed E-state index contributed by atoms with van der Waals surface area (Å²) in [5.74, 6) is 0. The number of likely N-dealkylation sites (N-methyl/N-ethyl adjacent to an activating group) is 1. The number of likely N-dealkylation sites (tertiary alicyclic amines) is 1. The highest BCUT2D eigenvalue weighted by Gasteiger charge is 2.31. The summed E-state index contributed by atoms with van der Waals surface area (Å²) in [6, 6.07) is 1.34. The van der Waals surface area contributed by atoms with Crippen LogP contribution in [0.2, 0.25) is 0 Å². The molecule has 1 N–H and O–H groups in total. The highest BCUT2D eigenvalue weighted by molar-refractivity contribution is 4.87. The highest BCUT2D eigenvalue weighted by Crippen LogP contribution is 2.34. The zero-order chi connectivity index (χ0) is 12.9. The average molecular weight is 240 g/mol. The Morgan fingerprint density at radius 2 is 1.76 bits per heavy atom. The molecule has 1 saturated heterocycles. The smallest absolute Gasteiger partial charge is 0.0220 e. The Balaban J connectivity index is 2.47. The van der Waals surface area contributed by atoms with Crippen molar-refractivity contribution in [3.8, 4) is 0 Å². The van der Waals surface area contributed by atoms with Crippen molar-refractivity contribution >= 4 is 0 Å². The fraction of sp³-hybridized carbons (Fsp3) is 1.00. The molecule has 2 unspecified atom stereocenters. The largest absolute Gasteiger partial charge is 0.313 e. The molecule has 1 rings (SSSR count). The molecule has 0 aromatic heterocycles. The van der Waals surface area contributed by atoms with Crippen molar-refractivity contribution in [3.63, 3.8) is 0 Å². The first kappa shape index (κ1) is 15.0. The molecule has 0 spiro atoms. The topological polar surface area (TPSA) is 15.3 Å². The molecule has 1 aliphatic heterocycles. The maximum atomic E-state index is 3.62. The van der Waals surface area contributed by atoms with E-state index in [9.17, 15) is 0 Å². The van der Waals surface area contributed by atoms with Crippen LogP contribution in [0.15, 0.2) is 0 Å². The summed E-state index contributed by atoms with van der Waals surface area (Å²) in [4.78, 5) is 2.69. The van der Waals surface area contributed by atoms with Crippen LogP contribution in [0.25, 0.3) is 0 Å². The van der Waals surface area contributed by atoms with Gasteiger partial charge in [-0.05, 0) is 51.2 Å². The molecule has 0 saturated carbocycles. The van der Waals surface area contributed by atoms with E-state index in [4.69, 9.17) is 0 Å². The molecule has 2 atom stereocenters. The number of rotatable bonds is 6. The molecular weight excluding hydrogens is 208 g/mol. The van der Waals surface area contributed by atoms with Crippen LogP contribution >= 0.6 is 0 Å². The van der Waals surface area contributed by atoms with E-state index in [0.717, 1.165) is 6.54 Å². The minimum Gasteiger partial charge on any atom is -0.313 e. The second kappa shape index (κ2) is 6.75. The van der Waals surface area contributed by atoms with Gasteiger partial charge < -0.3 is 5.32 Å². The van der Waals surface area contributed by atoms with Gasteiger partial charge in [-0.2, -0.15) is 0 Å². The summed E-state index contributed by atoms with van der Waals surface area (Å²) in [5.41, 5.74) is 0.607. The van der Waals surface area contributed by atoms with E-state index >= 15 is 0 Å². The lowest BCUT2D eigenvalue weighted by molar-refractivity contribution is 0.0711. The van der Waals surface area contributed by atoms with Crippen LogP contribution in [0.5, 0.6) is 0 Å². The standard InChI is InChI=1S/C15H32N2/c1-6-14(16-8-3)13(4)17-11-9-15(5,7-2)10-12-17/h13-14,16H,6-12H2,1-5H3. The number of hydrogen-bond acceptors (Lipinski definition) is 2. The minimum absolute atomic E-state index is 0.607. The Bertz CT molecular complexity index is 207. The first-order valence-electron chi connectivity index (χ1n) is 7.53. The van der Waals surface area contributed by atoms with Crippen molar-refractivity contribution in [2.24, 2.45) is 5.41 Å². The molecule has 2 heteroatoms. The monoisotopic (exact) mass is 240 g/mol. The number of nitrogens with one attached hydrogen (secondary N) is 1. The molecule has 1 heterocycles. The molecule has 102 valence electrons. The summed E-state index contributed by atoms with van der Waals surface area (Å²) >= 11 is 0. The molecule has 0 aliphatic carbocycles. The predicted molar refractivity (Wildman–Crippen MR) is 76.4 cm³/mol. The van der Waals surface area contributed by atoms with Gasteiger partial charge in [0.2, 0.25) is 0 Å². The van der Waals surface area contributed by atoms with Crippen LogP contribution < -0.4 is 5.32 Å². The maximum absolute atomic E-state index is 3.62. The Kier molecular flexibility index (Phi) is 5.94. The van der Waals surface area contributed by atoms with Crippen LogP contribution in [0, 0.1) is 5.41 Å². The van der Waals surface area contributed by atoms with Crippen molar-refractivity contribution in [2.75, 3.05) is 19.6 Å². The van der Waals surface area contributed by atoms with E-state index in [0.29, 0.717) is 17.5 Å². The van der Waals surface area contributed by atoms with Crippen molar-refractivity contribution in [2.45, 2.75) is 72.4 Å². The van der Waals surface area contributed by atoms with Crippen molar-refractivity contribution < 1.29 is 0 Å². The van der Waals surface area contributed by atoms with E-state index in [1.807, 2.05) is 0 Å². The molecule has 0 aromatic rings. The zero-order valence-electron chi connectivity index (χ0n) is 12.6. The number of piperidine rings is 1. The lowest BCUT2D eigenvalue weighted by Gasteiger charge is -2.43. The van der Waals surface area contributed by atoms with Crippen LogP contribution in [0.3, 0.4) is 0 Å². The van der Waals surface area contributed by atoms with Gasteiger partial charge in [0, 0.05) is 12.1 Å². The summed E-state index contributed by atoms with van der Waals surface area (Å²) in [6.45, 7) is 15.3. The lowest BCUT2D eigenvalue weighted by atomic mass is 9.78. The molecule has 0 radical (unpaired) electrons. The van der Waals surface area contributed by atoms with Crippen molar-refractivity contribution in [3.05, 3.63) is 0 Å². The van der Waals surface area contributed by atoms with E-state index in [1.54, 1.807) is 0 Å². The molecule has 0 amide bonds. The molecule has 1 fully saturated rings. The third kappa shape index (κ3) is 3.96. The van der Waals surface area contributed by atoms with Gasteiger partial charge in [-0.1, -0.05) is 34.1 Å². The maximum Gasteiger partial charge on any atom is 0.0220 e. The van der Waals surface area contributed by atoms with Crippen LogP contribution in [0.4, 0.5) is 0 Å². The van der Waals surface area contributed by atoms with E-state index in [-0.39, 0.29) is 0 Å². The third-order valence-corrected chi connectivity index (χ3v) is 4.92. The van der Waals surface area contributed by atoms with E-state index in [2.05, 4.69) is 44.8 Å². The average Bonchev–Trinajstić information content (AvgIpc) is 2.36. The van der Waals surface area contributed by atoms with E-state index in [1.165, 1.54) is 38.8 Å². The Hall–Kier alpha value is -0.0800. The summed E-state index contributed by atoms with van der Waals surface area (Å²) in [6.07, 6.45) is 5.31. The van der Waals surface area contributed by atoms with Gasteiger partial charge in [0.25, 0.3) is 0 Å². The van der Waals surface area contributed by atoms with Gasteiger partial charge >= 0.3 is 0 Å². The Morgan fingerprint density at radius 3 is 2.18 bits per heavy atom. The van der Waals surface area contributed by atoms with Gasteiger partial charge in [0.05, 0.1) is 0 Å². The zero-order valence-corrected chi connectivity index (χ0v) is 12.6. The first-order valence-corrected chi connectivity index (χ1v) is 7.53. The fourth-order valence-electron chi connectivity index (χ4n) is 3.00. The van der Waals surface area contributed by atoms with Gasteiger partial charge in [0.15, 0.2) is 0 Å². The Morgan fingerprint density at radius 1 is 1.18 bits per heavy atom. The van der Waals surface area contributed by atoms with Crippen molar-refractivity contribution in [1.82, 2.24) is 10.2 Å². The number of nitrogens with zero attached hydrogens (tertiary/aromatic N) is 1. The fourth-order valence-corrected chi connectivity index (χ4v) is 3.00. The molecule has 1 aliphatic rings. The summed E-state index contributed by atoms with van der Waals surface area (Å²) < 4.78 is 0. The van der Waals surface area contributed by atoms with Gasteiger partial charge in [-0.25, -0.2) is 0 Å². The second-order valence-electron chi connectivity index (χ2n) is 6.01. The lowest BCUT2D eigenvalue weighted by Crippen LogP contribution is -2.51. The highest BCUT2D eigenvalue weighted by atomic mass is 15.2. The van der Waals surface area contributed by atoms with Gasteiger partial charge in [0.1, 0.15) is 0 Å². The summed E-state index contributed by atoms with van der Waals surface area (Å²) in [5, 5.41) is 3.62. The van der Waals surface area contributed by atoms with Crippen molar-refractivity contribution in [1.29, 1.82) is 0 Å². The SMILES string of the molecule is CCNC(CC)C(C)N1CCC(C)(CC)CC1. The summed E-state index contributed by atoms with van der Waals surface area (Å²) in [7, 11) is 0. The normalized spacial score (nSPS) is 24.5. The first-order chi connectivity index (χ1) is 8.06. The van der Waals surface area contributed by atoms with E-state index < -0.39 is 0 Å². The van der Waals surface area contributed by atoms with Gasteiger partial charge in [-0.15, -0.1) is 0 Å². The van der Waals surface area contributed by atoms with Crippen LogP contribution in [-0.2, 0) is 0 Å². The minimum atomic E-state index is 0.607. The molecule has 0 bridgehead atoms. The van der Waals surface area contributed by atoms with Gasteiger partial charge in [-0.3, -0.25) is 4.90 Å².